The van der Waals surface area contributed by atoms with Crippen molar-refractivity contribution in [2.45, 2.75) is 25.0 Å². The molecule has 90 valence electrons. The van der Waals surface area contributed by atoms with Gasteiger partial charge in [-0.3, -0.25) is 0 Å². The maximum atomic E-state index is 11.0. The van der Waals surface area contributed by atoms with Crippen LogP contribution in [0.2, 0.25) is 0 Å². The van der Waals surface area contributed by atoms with Gasteiger partial charge in [0, 0.05) is 6.08 Å². The van der Waals surface area contributed by atoms with E-state index in [2.05, 4.69) is 13.5 Å². The lowest BCUT2D eigenvalue weighted by Gasteiger charge is -2.10. The minimum atomic E-state index is -0.404. The molecule has 0 aliphatic carbocycles. The van der Waals surface area contributed by atoms with Crippen LogP contribution in [0.3, 0.4) is 0 Å². The highest BCUT2D eigenvalue weighted by atomic mass is 16.6. The SMILES string of the molecule is C=CC(=O)OCC1OC1(CC)c1ccccc1. The van der Waals surface area contributed by atoms with Crippen LogP contribution in [0.25, 0.3) is 0 Å². The molecule has 0 radical (unpaired) electrons. The van der Waals surface area contributed by atoms with Gasteiger partial charge in [0.15, 0.2) is 0 Å². The molecular weight excluding hydrogens is 216 g/mol. The number of carbonyl (C=O) groups is 1. The van der Waals surface area contributed by atoms with E-state index in [1.54, 1.807) is 0 Å². The first-order valence-electron chi connectivity index (χ1n) is 5.75. The van der Waals surface area contributed by atoms with Crippen molar-refractivity contribution in [2.24, 2.45) is 0 Å². The Bertz CT molecular complexity index is 413. The van der Waals surface area contributed by atoms with Gasteiger partial charge in [0.2, 0.25) is 0 Å². The van der Waals surface area contributed by atoms with Gasteiger partial charge in [-0.2, -0.15) is 0 Å². The van der Waals surface area contributed by atoms with Gasteiger partial charge in [-0.15, -0.1) is 0 Å². The third kappa shape index (κ3) is 2.24. The first-order valence-corrected chi connectivity index (χ1v) is 5.75. The van der Waals surface area contributed by atoms with Crippen LogP contribution in [-0.2, 0) is 19.9 Å². The standard InChI is InChI=1S/C14H16O3/c1-3-13(15)16-10-12-14(4-2,17-12)11-8-6-5-7-9-11/h3,5-9,12H,1,4,10H2,2H3. The average Bonchev–Trinajstić information content (AvgIpc) is 3.12. The number of rotatable bonds is 5. The largest absolute Gasteiger partial charge is 0.460 e. The Morgan fingerprint density at radius 3 is 2.82 bits per heavy atom. The summed E-state index contributed by atoms with van der Waals surface area (Å²) in [6, 6.07) is 10.0. The minimum Gasteiger partial charge on any atom is -0.460 e. The third-order valence-electron chi connectivity index (χ3n) is 3.15. The van der Waals surface area contributed by atoms with Crippen molar-refractivity contribution in [3.8, 4) is 0 Å². The van der Waals surface area contributed by atoms with Gasteiger partial charge in [0.1, 0.15) is 18.3 Å². The molecule has 0 saturated carbocycles. The van der Waals surface area contributed by atoms with E-state index in [1.165, 1.54) is 6.08 Å². The Morgan fingerprint density at radius 1 is 1.53 bits per heavy atom. The van der Waals surface area contributed by atoms with Gasteiger partial charge >= 0.3 is 5.97 Å². The summed E-state index contributed by atoms with van der Waals surface area (Å²) in [5, 5.41) is 0. The molecule has 1 aliphatic heterocycles. The topological polar surface area (TPSA) is 38.8 Å². The lowest BCUT2D eigenvalue weighted by Crippen LogP contribution is -2.17. The number of hydrogen-bond acceptors (Lipinski definition) is 3. The van der Waals surface area contributed by atoms with E-state index < -0.39 is 5.97 Å². The Balaban J connectivity index is 2.01. The molecule has 0 N–H and O–H groups in total. The minimum absolute atomic E-state index is 0.0428. The Hall–Kier alpha value is -1.61. The molecular formula is C14H16O3. The fourth-order valence-corrected chi connectivity index (χ4v) is 2.09. The summed E-state index contributed by atoms with van der Waals surface area (Å²) < 4.78 is 10.7. The Morgan fingerprint density at radius 2 is 2.24 bits per heavy atom. The van der Waals surface area contributed by atoms with Crippen molar-refractivity contribution >= 4 is 5.97 Å². The van der Waals surface area contributed by atoms with Gasteiger partial charge in [0.05, 0.1) is 0 Å². The second-order valence-electron chi connectivity index (χ2n) is 4.05. The van der Waals surface area contributed by atoms with Crippen LogP contribution in [0, 0.1) is 0 Å². The molecule has 1 saturated heterocycles. The molecule has 0 amide bonds. The van der Waals surface area contributed by atoms with Crippen LogP contribution in [0.4, 0.5) is 0 Å². The van der Waals surface area contributed by atoms with Crippen LogP contribution in [-0.4, -0.2) is 18.7 Å². The first kappa shape index (κ1) is 11.9. The van der Waals surface area contributed by atoms with Crippen LogP contribution in [0.1, 0.15) is 18.9 Å². The van der Waals surface area contributed by atoms with Crippen molar-refractivity contribution < 1.29 is 14.3 Å². The maximum Gasteiger partial charge on any atom is 0.330 e. The number of carbonyl (C=O) groups excluding carboxylic acids is 1. The second kappa shape index (κ2) is 4.72. The van der Waals surface area contributed by atoms with Crippen molar-refractivity contribution in [3.05, 3.63) is 48.6 Å². The lowest BCUT2D eigenvalue weighted by molar-refractivity contribution is -0.138. The predicted molar refractivity (Wildman–Crippen MR) is 64.4 cm³/mol. The van der Waals surface area contributed by atoms with Gasteiger partial charge in [-0.1, -0.05) is 43.8 Å². The van der Waals surface area contributed by atoms with Crippen LogP contribution in [0.15, 0.2) is 43.0 Å². The maximum absolute atomic E-state index is 11.0. The molecule has 2 rings (SSSR count). The highest BCUT2D eigenvalue weighted by Gasteiger charge is 2.56. The van der Waals surface area contributed by atoms with E-state index in [9.17, 15) is 4.79 Å². The number of ether oxygens (including phenoxy) is 2. The normalized spacial score (nSPS) is 26.3. The van der Waals surface area contributed by atoms with Gasteiger partial charge in [-0.05, 0) is 12.0 Å². The molecule has 17 heavy (non-hydrogen) atoms. The quantitative estimate of drug-likeness (QED) is 0.444. The molecule has 1 heterocycles. The third-order valence-corrected chi connectivity index (χ3v) is 3.15. The highest BCUT2D eigenvalue weighted by Crippen LogP contribution is 2.49. The van der Waals surface area contributed by atoms with Crippen LogP contribution in [0.5, 0.6) is 0 Å². The van der Waals surface area contributed by atoms with E-state index >= 15 is 0 Å². The number of benzene rings is 1. The van der Waals surface area contributed by atoms with Crippen molar-refractivity contribution in [3.63, 3.8) is 0 Å². The molecule has 3 heteroatoms. The van der Waals surface area contributed by atoms with E-state index in [0.717, 1.165) is 12.0 Å². The molecule has 0 aromatic heterocycles. The summed E-state index contributed by atoms with van der Waals surface area (Å²) in [7, 11) is 0. The molecule has 1 aromatic rings. The fourth-order valence-electron chi connectivity index (χ4n) is 2.09. The number of hydrogen-bond donors (Lipinski definition) is 0. The van der Waals surface area contributed by atoms with E-state index in [4.69, 9.17) is 9.47 Å². The molecule has 0 spiro atoms. The Labute approximate surface area is 101 Å². The van der Waals surface area contributed by atoms with Crippen molar-refractivity contribution in [2.75, 3.05) is 6.61 Å². The lowest BCUT2D eigenvalue weighted by atomic mass is 9.93. The monoisotopic (exact) mass is 232 g/mol. The average molecular weight is 232 g/mol. The zero-order valence-electron chi connectivity index (χ0n) is 9.89. The van der Waals surface area contributed by atoms with Gasteiger partial charge in [0.25, 0.3) is 0 Å². The smallest absolute Gasteiger partial charge is 0.330 e. The van der Waals surface area contributed by atoms with Crippen LogP contribution < -0.4 is 0 Å². The first-order chi connectivity index (χ1) is 8.23. The summed E-state index contributed by atoms with van der Waals surface area (Å²) in [4.78, 5) is 11.0. The van der Waals surface area contributed by atoms with E-state index in [0.29, 0.717) is 0 Å². The van der Waals surface area contributed by atoms with Crippen molar-refractivity contribution in [1.29, 1.82) is 0 Å². The van der Waals surface area contributed by atoms with Gasteiger partial charge < -0.3 is 9.47 Å². The molecule has 1 aliphatic rings. The highest BCUT2D eigenvalue weighted by molar-refractivity contribution is 5.81. The second-order valence-corrected chi connectivity index (χ2v) is 4.05. The van der Waals surface area contributed by atoms with E-state index in [1.807, 2.05) is 30.3 Å². The fraction of sp³-hybridized carbons (Fsp3) is 0.357. The number of esters is 1. The summed E-state index contributed by atoms with van der Waals surface area (Å²) in [6.45, 7) is 5.72. The summed E-state index contributed by atoms with van der Waals surface area (Å²) >= 11 is 0. The van der Waals surface area contributed by atoms with Crippen molar-refractivity contribution in [1.82, 2.24) is 0 Å². The molecule has 2 unspecified atom stereocenters. The zero-order chi connectivity index (χ0) is 12.3. The predicted octanol–water partition coefficient (Wildman–Crippen LogP) is 2.42. The summed E-state index contributed by atoms with van der Waals surface area (Å²) in [6.07, 6.45) is 1.99. The van der Waals surface area contributed by atoms with E-state index in [-0.39, 0.29) is 18.3 Å². The molecule has 1 aromatic carbocycles. The van der Waals surface area contributed by atoms with Crippen LogP contribution >= 0.6 is 0 Å². The molecule has 3 nitrogen and oxygen atoms in total. The molecule has 1 fully saturated rings. The summed E-state index contributed by atoms with van der Waals surface area (Å²) in [5.74, 6) is -0.404. The number of epoxide rings is 1. The van der Waals surface area contributed by atoms with Gasteiger partial charge in [-0.25, -0.2) is 4.79 Å². The molecule has 2 atom stereocenters. The Kier molecular flexibility index (Phi) is 3.29. The summed E-state index contributed by atoms with van der Waals surface area (Å²) in [5.41, 5.74) is 0.866. The molecule has 0 bridgehead atoms. The zero-order valence-corrected chi connectivity index (χ0v) is 9.89.